The molecule has 3 rings (SSSR count). The maximum Gasteiger partial charge on any atom is 0.237 e. The van der Waals surface area contributed by atoms with Crippen molar-refractivity contribution in [3.63, 3.8) is 0 Å². The van der Waals surface area contributed by atoms with Gasteiger partial charge in [-0.1, -0.05) is 35.5 Å². The van der Waals surface area contributed by atoms with Crippen molar-refractivity contribution in [2.24, 2.45) is 0 Å². The molecule has 2 heterocycles. The summed E-state index contributed by atoms with van der Waals surface area (Å²) in [5.41, 5.74) is 1.59. The van der Waals surface area contributed by atoms with Crippen LogP contribution in [-0.4, -0.2) is 25.9 Å². The van der Waals surface area contributed by atoms with Crippen molar-refractivity contribution < 1.29 is 4.79 Å². The number of hydrogen-bond donors (Lipinski definition) is 1. The fourth-order valence-electron chi connectivity index (χ4n) is 2.44. The molecule has 136 valence electrons. The average Bonchev–Trinajstić information content (AvgIpc) is 3.28. The molecule has 0 saturated heterocycles. The Morgan fingerprint density at radius 3 is 2.85 bits per heavy atom. The Morgan fingerprint density at radius 2 is 2.15 bits per heavy atom. The van der Waals surface area contributed by atoms with Gasteiger partial charge in [-0.15, -0.1) is 21.5 Å². The number of amides is 1. The van der Waals surface area contributed by atoms with Crippen molar-refractivity contribution in [3.8, 4) is 10.7 Å². The summed E-state index contributed by atoms with van der Waals surface area (Å²) in [6, 6.07) is 9.49. The third kappa shape index (κ3) is 3.95. The molecular formula is C18H19ClN4OS2. The Labute approximate surface area is 165 Å². The van der Waals surface area contributed by atoms with Crippen LogP contribution < -0.4 is 5.32 Å². The topological polar surface area (TPSA) is 59.8 Å². The molecule has 1 atom stereocenters. The highest BCUT2D eigenvalue weighted by Crippen LogP contribution is 2.30. The number of thiophene rings is 1. The standard InChI is InChI=1S/C18H19ClN4OS2/c1-4-23-16(15-9-6-10-25-15)21-22-18(23)26-12(3)17(24)20-14-8-5-7-13(19)11(14)2/h5-10,12H,4H2,1-3H3,(H,20,24)/t12-/m0/s1. The molecule has 8 heteroatoms. The Balaban J connectivity index is 1.74. The zero-order valence-corrected chi connectivity index (χ0v) is 17.1. The van der Waals surface area contributed by atoms with E-state index < -0.39 is 0 Å². The Hall–Kier alpha value is -1.83. The summed E-state index contributed by atoms with van der Waals surface area (Å²) in [4.78, 5) is 13.7. The maximum absolute atomic E-state index is 12.6. The minimum Gasteiger partial charge on any atom is -0.325 e. The normalized spacial score (nSPS) is 12.2. The molecule has 1 amide bonds. The molecule has 0 radical (unpaired) electrons. The number of rotatable bonds is 6. The molecule has 5 nitrogen and oxygen atoms in total. The Morgan fingerprint density at radius 1 is 1.35 bits per heavy atom. The first-order valence-electron chi connectivity index (χ1n) is 8.21. The highest BCUT2D eigenvalue weighted by atomic mass is 35.5. The predicted octanol–water partition coefficient (Wildman–Crippen LogP) is 5.11. The van der Waals surface area contributed by atoms with Crippen LogP contribution in [0.25, 0.3) is 10.7 Å². The minimum atomic E-state index is -0.320. The molecule has 1 aromatic carbocycles. The van der Waals surface area contributed by atoms with E-state index in [2.05, 4.69) is 15.5 Å². The van der Waals surface area contributed by atoms with Gasteiger partial charge in [0.1, 0.15) is 0 Å². The van der Waals surface area contributed by atoms with Crippen molar-refractivity contribution in [2.75, 3.05) is 5.32 Å². The Bertz CT molecular complexity index is 908. The lowest BCUT2D eigenvalue weighted by Gasteiger charge is -2.14. The quantitative estimate of drug-likeness (QED) is 0.578. The van der Waals surface area contributed by atoms with Crippen molar-refractivity contribution in [1.82, 2.24) is 14.8 Å². The number of hydrogen-bond acceptors (Lipinski definition) is 5. The third-order valence-electron chi connectivity index (χ3n) is 3.95. The number of benzene rings is 1. The molecule has 0 bridgehead atoms. The minimum absolute atomic E-state index is 0.0938. The van der Waals surface area contributed by atoms with Gasteiger partial charge < -0.3 is 9.88 Å². The van der Waals surface area contributed by atoms with Gasteiger partial charge in [0.15, 0.2) is 11.0 Å². The summed E-state index contributed by atoms with van der Waals surface area (Å²) in [5.74, 6) is 0.743. The first-order valence-corrected chi connectivity index (χ1v) is 10.3. The summed E-state index contributed by atoms with van der Waals surface area (Å²) in [5, 5.41) is 14.6. The van der Waals surface area contributed by atoms with E-state index in [1.165, 1.54) is 11.8 Å². The smallest absolute Gasteiger partial charge is 0.237 e. The van der Waals surface area contributed by atoms with Crippen molar-refractivity contribution >= 4 is 46.3 Å². The molecule has 1 N–H and O–H groups in total. The molecule has 0 fully saturated rings. The van der Waals surface area contributed by atoms with Crippen molar-refractivity contribution in [1.29, 1.82) is 0 Å². The van der Waals surface area contributed by atoms with Crippen molar-refractivity contribution in [2.45, 2.75) is 37.7 Å². The van der Waals surface area contributed by atoms with E-state index >= 15 is 0 Å². The fraction of sp³-hybridized carbons (Fsp3) is 0.278. The number of anilines is 1. The fourth-order valence-corrected chi connectivity index (χ4v) is 4.24. The summed E-state index contributed by atoms with van der Waals surface area (Å²) in [6.07, 6.45) is 0. The molecule has 3 aromatic rings. The van der Waals surface area contributed by atoms with Gasteiger partial charge in [-0.2, -0.15) is 0 Å². The third-order valence-corrected chi connectivity index (χ3v) is 6.31. The molecule has 0 spiro atoms. The number of nitrogens with one attached hydrogen (secondary N) is 1. The second-order valence-corrected chi connectivity index (χ2v) is 8.35. The molecule has 0 unspecified atom stereocenters. The van der Waals surface area contributed by atoms with E-state index in [1.807, 2.05) is 55.0 Å². The van der Waals surface area contributed by atoms with Gasteiger partial charge >= 0.3 is 0 Å². The van der Waals surface area contributed by atoms with Crippen LogP contribution in [0, 0.1) is 6.92 Å². The van der Waals surface area contributed by atoms with E-state index in [1.54, 1.807) is 17.4 Å². The summed E-state index contributed by atoms with van der Waals surface area (Å²) >= 11 is 9.14. The first-order chi connectivity index (χ1) is 12.5. The van der Waals surface area contributed by atoms with Gasteiger partial charge in [0.05, 0.1) is 10.1 Å². The highest BCUT2D eigenvalue weighted by molar-refractivity contribution is 8.00. The van der Waals surface area contributed by atoms with Gasteiger partial charge in [-0.05, 0) is 49.9 Å². The lowest BCUT2D eigenvalue weighted by atomic mass is 10.2. The van der Waals surface area contributed by atoms with Gasteiger partial charge in [0.25, 0.3) is 0 Å². The van der Waals surface area contributed by atoms with E-state index in [-0.39, 0.29) is 11.2 Å². The van der Waals surface area contributed by atoms with Crippen LogP contribution in [0.4, 0.5) is 5.69 Å². The zero-order chi connectivity index (χ0) is 18.7. The molecular weight excluding hydrogens is 388 g/mol. The van der Waals surface area contributed by atoms with Crippen LogP contribution in [0.1, 0.15) is 19.4 Å². The lowest BCUT2D eigenvalue weighted by Crippen LogP contribution is -2.23. The number of aromatic nitrogens is 3. The highest BCUT2D eigenvalue weighted by Gasteiger charge is 2.21. The van der Waals surface area contributed by atoms with Crippen LogP contribution in [0.5, 0.6) is 0 Å². The number of halogens is 1. The largest absolute Gasteiger partial charge is 0.325 e. The van der Waals surface area contributed by atoms with E-state index in [4.69, 9.17) is 11.6 Å². The van der Waals surface area contributed by atoms with E-state index in [0.29, 0.717) is 5.02 Å². The van der Waals surface area contributed by atoms with Gasteiger partial charge in [-0.3, -0.25) is 4.79 Å². The number of nitrogens with zero attached hydrogens (tertiary/aromatic N) is 3. The molecule has 2 aromatic heterocycles. The van der Waals surface area contributed by atoms with Gasteiger partial charge in [0.2, 0.25) is 5.91 Å². The molecule has 0 saturated carbocycles. The zero-order valence-electron chi connectivity index (χ0n) is 14.7. The van der Waals surface area contributed by atoms with Crippen LogP contribution in [0.15, 0.2) is 40.9 Å². The van der Waals surface area contributed by atoms with Gasteiger partial charge in [0, 0.05) is 17.3 Å². The summed E-state index contributed by atoms with van der Waals surface area (Å²) in [7, 11) is 0. The molecule has 26 heavy (non-hydrogen) atoms. The number of thioether (sulfide) groups is 1. The molecule has 0 aliphatic heterocycles. The molecule has 0 aliphatic carbocycles. The van der Waals surface area contributed by atoms with Crippen LogP contribution in [-0.2, 0) is 11.3 Å². The average molecular weight is 407 g/mol. The van der Waals surface area contributed by atoms with Crippen LogP contribution in [0.2, 0.25) is 5.02 Å². The summed E-state index contributed by atoms with van der Waals surface area (Å²) < 4.78 is 2.03. The SMILES string of the molecule is CCn1c(S[C@@H](C)C(=O)Nc2cccc(Cl)c2C)nnc1-c1cccs1. The second kappa shape index (κ2) is 8.24. The molecule has 0 aliphatic rings. The lowest BCUT2D eigenvalue weighted by molar-refractivity contribution is -0.115. The van der Waals surface area contributed by atoms with E-state index in [0.717, 1.165) is 33.7 Å². The summed E-state index contributed by atoms with van der Waals surface area (Å²) in [6.45, 7) is 6.53. The van der Waals surface area contributed by atoms with Crippen LogP contribution >= 0.6 is 34.7 Å². The van der Waals surface area contributed by atoms with Crippen molar-refractivity contribution in [3.05, 3.63) is 46.3 Å². The Kier molecular flexibility index (Phi) is 6.01. The maximum atomic E-state index is 12.6. The predicted molar refractivity (Wildman–Crippen MR) is 109 cm³/mol. The number of carbonyl (C=O) groups excluding carboxylic acids is 1. The monoisotopic (exact) mass is 406 g/mol. The second-order valence-electron chi connectivity index (χ2n) is 5.69. The number of carbonyl (C=O) groups is 1. The van der Waals surface area contributed by atoms with Crippen LogP contribution in [0.3, 0.4) is 0 Å². The van der Waals surface area contributed by atoms with E-state index in [9.17, 15) is 4.79 Å². The first kappa shape index (κ1) is 18.9. The van der Waals surface area contributed by atoms with Gasteiger partial charge in [-0.25, -0.2) is 0 Å².